The smallest absolute Gasteiger partial charge is 0.268 e. The molecule has 1 rings (SSSR count). The van der Waals surface area contributed by atoms with Crippen molar-refractivity contribution < 1.29 is 19.2 Å². The van der Waals surface area contributed by atoms with Crippen LogP contribution in [0.25, 0.3) is 0 Å². The summed E-state index contributed by atoms with van der Waals surface area (Å²) >= 11 is 0. The van der Waals surface area contributed by atoms with Crippen molar-refractivity contribution in [2.75, 3.05) is 20.8 Å². The Labute approximate surface area is 190 Å². The lowest BCUT2D eigenvalue weighted by Gasteiger charge is -2.22. The lowest BCUT2D eigenvalue weighted by atomic mass is 10.0. The van der Waals surface area contributed by atoms with Gasteiger partial charge in [-0.05, 0) is 38.3 Å². The van der Waals surface area contributed by atoms with Crippen LogP contribution in [-0.4, -0.2) is 49.4 Å². The number of amides is 2. The van der Waals surface area contributed by atoms with Crippen LogP contribution < -0.4 is 5.32 Å². The maximum Gasteiger partial charge on any atom is 0.268 e. The summed E-state index contributed by atoms with van der Waals surface area (Å²) in [6, 6.07) is 6.24. The number of rotatable bonds is 14. The van der Waals surface area contributed by atoms with E-state index in [-0.39, 0.29) is 12.3 Å². The summed E-state index contributed by atoms with van der Waals surface area (Å²) in [6.07, 6.45) is 8.59. The Hall–Kier alpha value is -3.45. The fourth-order valence-electron chi connectivity index (χ4n) is 2.78. The summed E-state index contributed by atoms with van der Waals surface area (Å²) in [6.45, 7) is 13.3. The van der Waals surface area contributed by atoms with Gasteiger partial charge in [-0.15, -0.1) is 13.2 Å². The number of hydrogen-bond donors (Lipinski definition) is 1. The zero-order valence-electron chi connectivity index (χ0n) is 19.2. The van der Waals surface area contributed by atoms with Crippen molar-refractivity contribution in [1.29, 1.82) is 0 Å². The number of allylic oxidation sites excluding steroid dienone is 3. The standard InChI is InChI=1S/C25H33N3O4/c1-7-10-13-18-32-23(15-9-3)26-19(4)20-16-11-12-17-21(20)24(29)27-22(14-8-2)25(30)28(5)31-6/h7-9,11-12,15-17,22H,1-3,10,13-14,18H2,4-6H3,(H,27,29)/b23-15+,26-19+. The zero-order chi connectivity index (χ0) is 23.9. The Kier molecular flexibility index (Phi) is 12.1. The van der Waals surface area contributed by atoms with Gasteiger partial charge in [0.2, 0.25) is 5.88 Å². The van der Waals surface area contributed by atoms with Gasteiger partial charge >= 0.3 is 0 Å². The maximum absolute atomic E-state index is 13.0. The van der Waals surface area contributed by atoms with Crippen molar-refractivity contribution in [3.8, 4) is 0 Å². The van der Waals surface area contributed by atoms with Crippen LogP contribution in [0.3, 0.4) is 0 Å². The van der Waals surface area contributed by atoms with Gasteiger partial charge in [0.1, 0.15) is 6.04 Å². The first kappa shape index (κ1) is 26.6. The molecule has 0 saturated heterocycles. The number of nitrogens with one attached hydrogen (secondary N) is 1. The highest BCUT2D eigenvalue weighted by atomic mass is 16.7. The van der Waals surface area contributed by atoms with Crippen molar-refractivity contribution in [2.24, 2.45) is 4.99 Å². The quantitative estimate of drug-likeness (QED) is 0.118. The third kappa shape index (κ3) is 8.35. The second-order valence-electron chi connectivity index (χ2n) is 6.83. The van der Waals surface area contributed by atoms with Crippen LogP contribution in [-0.2, 0) is 14.4 Å². The minimum absolute atomic E-state index is 0.262. The number of ether oxygens (including phenoxy) is 1. The summed E-state index contributed by atoms with van der Waals surface area (Å²) in [4.78, 5) is 35.0. The number of unbranched alkanes of at least 4 members (excludes halogenated alkanes) is 1. The Bertz CT molecular complexity index is 874. The van der Waals surface area contributed by atoms with E-state index in [9.17, 15) is 9.59 Å². The van der Waals surface area contributed by atoms with Gasteiger partial charge in [0.15, 0.2) is 0 Å². The second-order valence-corrected chi connectivity index (χ2v) is 6.83. The predicted octanol–water partition coefficient (Wildman–Crippen LogP) is 4.20. The van der Waals surface area contributed by atoms with Crippen LogP contribution in [0.1, 0.15) is 42.1 Å². The van der Waals surface area contributed by atoms with Gasteiger partial charge in [-0.2, -0.15) is 0 Å². The Morgan fingerprint density at radius 3 is 2.47 bits per heavy atom. The van der Waals surface area contributed by atoms with Gasteiger partial charge in [0.05, 0.1) is 13.7 Å². The number of nitrogens with zero attached hydrogens (tertiary/aromatic N) is 2. The Balaban J connectivity index is 3.14. The van der Waals surface area contributed by atoms with Crippen LogP contribution in [0.5, 0.6) is 0 Å². The Morgan fingerprint density at radius 1 is 1.19 bits per heavy atom. The zero-order valence-corrected chi connectivity index (χ0v) is 19.2. The molecule has 0 aromatic heterocycles. The van der Waals surface area contributed by atoms with Crippen molar-refractivity contribution in [3.05, 3.63) is 85.3 Å². The molecule has 32 heavy (non-hydrogen) atoms. The topological polar surface area (TPSA) is 80.2 Å². The van der Waals surface area contributed by atoms with Crippen LogP contribution in [0.2, 0.25) is 0 Å². The molecule has 1 unspecified atom stereocenters. The molecule has 1 aromatic carbocycles. The second kappa shape index (κ2) is 14.5. The van der Waals surface area contributed by atoms with Crippen LogP contribution in [0, 0.1) is 0 Å². The molecule has 1 atom stereocenters. The molecule has 7 nitrogen and oxygen atoms in total. The minimum atomic E-state index is -0.806. The highest BCUT2D eigenvalue weighted by molar-refractivity contribution is 6.10. The number of benzene rings is 1. The van der Waals surface area contributed by atoms with E-state index in [2.05, 4.69) is 30.0 Å². The number of hydroxylamine groups is 2. The molecule has 1 aromatic rings. The summed E-state index contributed by atoms with van der Waals surface area (Å²) in [5, 5.41) is 3.84. The first-order valence-corrected chi connectivity index (χ1v) is 10.3. The Morgan fingerprint density at radius 2 is 1.88 bits per heavy atom. The van der Waals surface area contributed by atoms with E-state index in [1.54, 1.807) is 43.4 Å². The van der Waals surface area contributed by atoms with E-state index in [0.717, 1.165) is 17.9 Å². The molecule has 0 saturated carbocycles. The molecule has 2 amide bonds. The minimum Gasteiger partial charge on any atom is -0.478 e. The monoisotopic (exact) mass is 439 g/mol. The lowest BCUT2D eigenvalue weighted by Crippen LogP contribution is -2.47. The normalized spacial score (nSPS) is 12.5. The number of hydrogen-bond acceptors (Lipinski definition) is 5. The third-order valence-corrected chi connectivity index (χ3v) is 4.49. The van der Waals surface area contributed by atoms with Crippen LogP contribution >= 0.6 is 0 Å². The van der Waals surface area contributed by atoms with Gasteiger partial charge in [-0.25, -0.2) is 10.1 Å². The number of carbonyl (C=O) groups excluding carboxylic acids is 2. The SMILES string of the molecule is C=C/C=C(\N=C(/C)c1ccccc1C(=O)NC(CC=C)C(=O)N(C)OC)OCCCC=C. The number of likely N-dealkylation sites (N-methyl/N-ethyl adjacent to an activating group) is 1. The van der Waals surface area contributed by atoms with Gasteiger partial charge in [-0.3, -0.25) is 14.4 Å². The summed E-state index contributed by atoms with van der Waals surface area (Å²) in [7, 11) is 2.87. The predicted molar refractivity (Wildman–Crippen MR) is 128 cm³/mol. The number of carbonyl (C=O) groups is 2. The van der Waals surface area contributed by atoms with Gasteiger partial charge in [0.25, 0.3) is 11.8 Å². The first-order chi connectivity index (χ1) is 15.4. The fraction of sp³-hybridized carbons (Fsp3) is 0.320. The molecule has 1 N–H and O–H groups in total. The molecule has 7 heteroatoms. The highest BCUT2D eigenvalue weighted by Gasteiger charge is 2.24. The molecule has 0 radical (unpaired) electrons. The molecule has 0 aliphatic heterocycles. The molecule has 0 fully saturated rings. The molecule has 0 aliphatic carbocycles. The van der Waals surface area contributed by atoms with Crippen molar-refractivity contribution in [1.82, 2.24) is 10.4 Å². The molecule has 0 bridgehead atoms. The van der Waals surface area contributed by atoms with E-state index >= 15 is 0 Å². The largest absolute Gasteiger partial charge is 0.478 e. The summed E-state index contributed by atoms with van der Waals surface area (Å²) < 4.78 is 5.72. The van der Waals surface area contributed by atoms with Crippen molar-refractivity contribution >= 4 is 17.5 Å². The number of aliphatic imine (C=N–C) groups is 1. The molecular formula is C25H33N3O4. The van der Waals surface area contributed by atoms with Gasteiger partial charge in [0, 0.05) is 23.9 Å². The van der Waals surface area contributed by atoms with E-state index in [0.29, 0.717) is 29.3 Å². The summed E-state index contributed by atoms with van der Waals surface area (Å²) in [5.41, 5.74) is 1.60. The summed E-state index contributed by atoms with van der Waals surface area (Å²) in [5.74, 6) is -0.382. The molecular weight excluding hydrogens is 406 g/mol. The molecule has 0 heterocycles. The van der Waals surface area contributed by atoms with E-state index in [1.807, 2.05) is 12.1 Å². The van der Waals surface area contributed by atoms with Gasteiger partial charge < -0.3 is 10.1 Å². The lowest BCUT2D eigenvalue weighted by molar-refractivity contribution is -0.170. The third-order valence-electron chi connectivity index (χ3n) is 4.49. The van der Waals surface area contributed by atoms with E-state index < -0.39 is 11.9 Å². The highest BCUT2D eigenvalue weighted by Crippen LogP contribution is 2.14. The molecule has 0 spiro atoms. The van der Waals surface area contributed by atoms with Crippen LogP contribution in [0.15, 0.2) is 79.2 Å². The average Bonchev–Trinajstić information content (AvgIpc) is 2.80. The van der Waals surface area contributed by atoms with Crippen molar-refractivity contribution in [2.45, 2.75) is 32.2 Å². The van der Waals surface area contributed by atoms with E-state index in [4.69, 9.17) is 9.57 Å². The molecule has 0 aliphatic rings. The first-order valence-electron chi connectivity index (χ1n) is 10.3. The van der Waals surface area contributed by atoms with Crippen LogP contribution in [0.4, 0.5) is 0 Å². The van der Waals surface area contributed by atoms with Crippen molar-refractivity contribution in [3.63, 3.8) is 0 Å². The average molecular weight is 440 g/mol. The fourth-order valence-corrected chi connectivity index (χ4v) is 2.78. The maximum atomic E-state index is 13.0. The van der Waals surface area contributed by atoms with Gasteiger partial charge in [-0.1, -0.05) is 43.0 Å². The van der Waals surface area contributed by atoms with E-state index in [1.165, 1.54) is 14.2 Å². The molecule has 172 valence electrons.